The van der Waals surface area contributed by atoms with Gasteiger partial charge in [-0.2, -0.15) is 0 Å². The molecule has 2 saturated heterocycles. The zero-order valence-electron chi connectivity index (χ0n) is 16.0. The number of aryl methyl sites for hydroxylation is 1. The van der Waals surface area contributed by atoms with E-state index >= 15 is 0 Å². The molecule has 0 aromatic heterocycles. The maximum absolute atomic E-state index is 12.4. The molecular weight excluding hydrogens is 344 g/mol. The van der Waals surface area contributed by atoms with Gasteiger partial charge >= 0.3 is 0 Å². The van der Waals surface area contributed by atoms with Crippen LogP contribution in [0, 0.1) is 0 Å². The highest BCUT2D eigenvalue weighted by Gasteiger charge is 2.28. The van der Waals surface area contributed by atoms with Gasteiger partial charge in [0.05, 0.1) is 32.7 Å². The van der Waals surface area contributed by atoms with Crippen LogP contribution in [-0.4, -0.2) is 73.3 Å². The highest BCUT2D eigenvalue weighted by Crippen LogP contribution is 2.15. The Kier molecular flexibility index (Phi) is 6.45. The Balaban J connectivity index is 1.43. The van der Waals surface area contributed by atoms with Crippen molar-refractivity contribution in [3.63, 3.8) is 0 Å². The van der Waals surface area contributed by atoms with Crippen molar-refractivity contribution in [2.45, 2.75) is 26.2 Å². The fourth-order valence-corrected chi connectivity index (χ4v) is 3.76. The summed E-state index contributed by atoms with van der Waals surface area (Å²) < 4.78 is 0. The number of piperazine rings is 1. The van der Waals surface area contributed by atoms with Crippen molar-refractivity contribution < 1.29 is 19.3 Å². The van der Waals surface area contributed by atoms with Gasteiger partial charge in [-0.3, -0.25) is 14.4 Å². The van der Waals surface area contributed by atoms with E-state index < -0.39 is 0 Å². The fourth-order valence-electron chi connectivity index (χ4n) is 3.76. The maximum Gasteiger partial charge on any atom is 0.279 e. The first kappa shape index (κ1) is 19.4. The number of para-hydroxylation sites is 1. The average molecular weight is 373 g/mol. The summed E-state index contributed by atoms with van der Waals surface area (Å²) in [7, 11) is 0. The standard InChI is InChI=1S/C20H28N4O3/c1-2-16-6-3-4-7-17(16)21-18(25)14-22-10-12-23(13-11-22)20(27)15-24-9-5-8-19(24)26/h3-4,6-7H,2,5,8-15H2,1H3,(H,21,25)/p+1. The van der Waals surface area contributed by atoms with Crippen LogP contribution >= 0.6 is 0 Å². The minimum Gasteiger partial charge on any atom is -0.333 e. The summed E-state index contributed by atoms with van der Waals surface area (Å²) >= 11 is 0. The van der Waals surface area contributed by atoms with Crippen molar-refractivity contribution >= 4 is 23.4 Å². The lowest BCUT2D eigenvalue weighted by atomic mass is 10.1. The van der Waals surface area contributed by atoms with Crippen molar-refractivity contribution in [1.29, 1.82) is 0 Å². The van der Waals surface area contributed by atoms with Crippen LogP contribution in [0.5, 0.6) is 0 Å². The van der Waals surface area contributed by atoms with E-state index in [1.54, 1.807) is 4.90 Å². The lowest BCUT2D eigenvalue weighted by molar-refractivity contribution is -0.895. The molecule has 0 spiro atoms. The number of hydrogen-bond acceptors (Lipinski definition) is 3. The molecule has 3 amide bonds. The smallest absolute Gasteiger partial charge is 0.279 e. The molecule has 2 fully saturated rings. The summed E-state index contributed by atoms with van der Waals surface area (Å²) in [4.78, 5) is 41.1. The Morgan fingerprint density at radius 2 is 1.89 bits per heavy atom. The minimum atomic E-state index is 0.00772. The molecule has 1 aromatic rings. The van der Waals surface area contributed by atoms with Crippen LogP contribution in [0.25, 0.3) is 0 Å². The number of rotatable bonds is 6. The van der Waals surface area contributed by atoms with E-state index in [1.165, 1.54) is 4.90 Å². The zero-order valence-corrected chi connectivity index (χ0v) is 16.0. The van der Waals surface area contributed by atoms with Gasteiger partial charge in [-0.15, -0.1) is 0 Å². The molecular formula is C20H29N4O3+. The molecule has 1 aromatic carbocycles. The number of amides is 3. The molecule has 7 nitrogen and oxygen atoms in total. The zero-order chi connectivity index (χ0) is 19.2. The first-order chi connectivity index (χ1) is 13.1. The number of nitrogens with zero attached hydrogens (tertiary/aromatic N) is 2. The third kappa shape index (κ3) is 5.07. The minimum absolute atomic E-state index is 0.00772. The molecule has 2 heterocycles. The van der Waals surface area contributed by atoms with E-state index in [2.05, 4.69) is 12.2 Å². The van der Waals surface area contributed by atoms with Crippen LogP contribution in [0.3, 0.4) is 0 Å². The van der Waals surface area contributed by atoms with Gasteiger partial charge in [0.2, 0.25) is 11.8 Å². The van der Waals surface area contributed by atoms with E-state index in [9.17, 15) is 14.4 Å². The molecule has 2 aliphatic heterocycles. The largest absolute Gasteiger partial charge is 0.333 e. The van der Waals surface area contributed by atoms with Gasteiger partial charge < -0.3 is 20.0 Å². The summed E-state index contributed by atoms with van der Waals surface area (Å²) in [6.07, 6.45) is 2.28. The molecule has 7 heteroatoms. The lowest BCUT2D eigenvalue weighted by Gasteiger charge is -2.32. The number of nitrogens with one attached hydrogen (secondary N) is 2. The molecule has 2 aliphatic rings. The number of anilines is 1. The fraction of sp³-hybridized carbons (Fsp3) is 0.550. The third-order valence-corrected chi connectivity index (χ3v) is 5.40. The topological polar surface area (TPSA) is 74.2 Å². The second-order valence-electron chi connectivity index (χ2n) is 7.29. The predicted octanol–water partition coefficient (Wildman–Crippen LogP) is -0.463. The van der Waals surface area contributed by atoms with E-state index in [0.717, 1.165) is 37.2 Å². The second kappa shape index (κ2) is 8.99. The van der Waals surface area contributed by atoms with Gasteiger partial charge in [0.1, 0.15) is 0 Å². The lowest BCUT2D eigenvalue weighted by Crippen LogP contribution is -3.15. The van der Waals surface area contributed by atoms with E-state index in [-0.39, 0.29) is 24.3 Å². The Morgan fingerprint density at radius 1 is 1.15 bits per heavy atom. The van der Waals surface area contributed by atoms with Crippen LogP contribution in [-0.2, 0) is 20.8 Å². The number of carbonyl (C=O) groups is 3. The number of hydrogen-bond donors (Lipinski definition) is 2. The van der Waals surface area contributed by atoms with Gasteiger partial charge in [-0.1, -0.05) is 25.1 Å². The first-order valence-electron chi connectivity index (χ1n) is 9.83. The van der Waals surface area contributed by atoms with Gasteiger partial charge in [0.15, 0.2) is 6.54 Å². The van der Waals surface area contributed by atoms with E-state index in [1.807, 2.05) is 29.2 Å². The van der Waals surface area contributed by atoms with Crippen molar-refractivity contribution in [2.24, 2.45) is 0 Å². The van der Waals surface area contributed by atoms with Crippen molar-refractivity contribution in [2.75, 3.05) is 51.1 Å². The highest BCUT2D eigenvalue weighted by atomic mass is 16.2. The number of benzene rings is 1. The Morgan fingerprint density at radius 3 is 2.56 bits per heavy atom. The van der Waals surface area contributed by atoms with E-state index in [4.69, 9.17) is 0 Å². The van der Waals surface area contributed by atoms with Gasteiger partial charge in [0.25, 0.3) is 5.91 Å². The van der Waals surface area contributed by atoms with Crippen LogP contribution in [0.1, 0.15) is 25.3 Å². The monoisotopic (exact) mass is 373 g/mol. The van der Waals surface area contributed by atoms with Crippen molar-refractivity contribution in [3.8, 4) is 0 Å². The highest BCUT2D eigenvalue weighted by molar-refractivity contribution is 5.92. The molecule has 3 rings (SSSR count). The molecule has 0 atom stereocenters. The molecule has 2 N–H and O–H groups in total. The van der Waals surface area contributed by atoms with Crippen LogP contribution < -0.4 is 10.2 Å². The third-order valence-electron chi connectivity index (χ3n) is 5.40. The van der Waals surface area contributed by atoms with Gasteiger partial charge in [0, 0.05) is 18.7 Å². The predicted molar refractivity (Wildman–Crippen MR) is 102 cm³/mol. The van der Waals surface area contributed by atoms with Gasteiger partial charge in [-0.05, 0) is 24.5 Å². The Hall–Kier alpha value is -2.41. The summed E-state index contributed by atoms with van der Waals surface area (Å²) in [5, 5.41) is 3.01. The molecule has 27 heavy (non-hydrogen) atoms. The van der Waals surface area contributed by atoms with Gasteiger partial charge in [-0.25, -0.2) is 0 Å². The van der Waals surface area contributed by atoms with Crippen molar-refractivity contribution in [1.82, 2.24) is 9.80 Å². The normalized spacial score (nSPS) is 18.0. The summed E-state index contributed by atoms with van der Waals surface area (Å²) in [5.41, 5.74) is 2.02. The van der Waals surface area contributed by atoms with Crippen LogP contribution in [0.15, 0.2) is 24.3 Å². The molecule has 0 aliphatic carbocycles. The van der Waals surface area contributed by atoms with Crippen LogP contribution in [0.2, 0.25) is 0 Å². The van der Waals surface area contributed by atoms with E-state index in [0.29, 0.717) is 32.6 Å². The molecule has 0 radical (unpaired) electrons. The molecule has 0 saturated carbocycles. The SMILES string of the molecule is CCc1ccccc1NC(=O)C[NH+]1CCN(C(=O)CN2CCCC2=O)CC1. The maximum atomic E-state index is 12.4. The summed E-state index contributed by atoms with van der Waals surface area (Å²) in [5.74, 6) is 0.107. The number of carbonyl (C=O) groups excluding carboxylic acids is 3. The average Bonchev–Trinajstić information content (AvgIpc) is 3.07. The van der Waals surface area contributed by atoms with Crippen molar-refractivity contribution in [3.05, 3.63) is 29.8 Å². The van der Waals surface area contributed by atoms with Crippen LogP contribution in [0.4, 0.5) is 5.69 Å². The quantitative estimate of drug-likeness (QED) is 0.709. The number of quaternary nitrogens is 1. The number of likely N-dealkylation sites (tertiary alicyclic amines) is 1. The molecule has 0 unspecified atom stereocenters. The second-order valence-corrected chi connectivity index (χ2v) is 7.29. The molecule has 146 valence electrons. The Bertz CT molecular complexity index is 698. The summed E-state index contributed by atoms with van der Waals surface area (Å²) in [6, 6.07) is 7.86. The first-order valence-corrected chi connectivity index (χ1v) is 9.83. The molecule has 0 bridgehead atoms. The Labute approximate surface area is 160 Å². The summed E-state index contributed by atoms with van der Waals surface area (Å²) in [6.45, 7) is 6.14.